The van der Waals surface area contributed by atoms with Gasteiger partial charge in [0.05, 0.1) is 5.76 Å². The number of carbonyl (C=O) groups is 1. The summed E-state index contributed by atoms with van der Waals surface area (Å²) in [6.07, 6.45) is 0.535. The summed E-state index contributed by atoms with van der Waals surface area (Å²) in [7, 11) is 0. The molecular formula is C11H12BrNO2. The summed E-state index contributed by atoms with van der Waals surface area (Å²) < 4.78 is 0.962. The van der Waals surface area contributed by atoms with Gasteiger partial charge in [0.1, 0.15) is 0 Å². The second-order valence-corrected chi connectivity index (χ2v) is 4.04. The van der Waals surface area contributed by atoms with Crippen molar-refractivity contribution in [1.82, 2.24) is 0 Å². The van der Waals surface area contributed by atoms with Crippen LogP contribution in [0.15, 0.2) is 41.1 Å². The molecule has 15 heavy (non-hydrogen) atoms. The van der Waals surface area contributed by atoms with Crippen LogP contribution in [-0.4, -0.2) is 11.0 Å². The second-order valence-electron chi connectivity index (χ2n) is 3.12. The quantitative estimate of drug-likeness (QED) is 0.825. The highest BCUT2D eigenvalue weighted by Crippen LogP contribution is 2.14. The van der Waals surface area contributed by atoms with Gasteiger partial charge >= 0.3 is 0 Å². The van der Waals surface area contributed by atoms with Crippen LogP contribution in [0.3, 0.4) is 0 Å². The zero-order valence-electron chi connectivity index (χ0n) is 8.16. The topological polar surface area (TPSA) is 49.3 Å². The van der Waals surface area contributed by atoms with Crippen LogP contribution >= 0.6 is 15.9 Å². The summed E-state index contributed by atoms with van der Waals surface area (Å²) in [5.41, 5.74) is 0.742. The van der Waals surface area contributed by atoms with Gasteiger partial charge in [-0.3, -0.25) is 4.79 Å². The van der Waals surface area contributed by atoms with Gasteiger partial charge in [0.15, 0.2) is 0 Å². The number of aliphatic hydroxyl groups is 1. The zero-order chi connectivity index (χ0) is 11.3. The molecule has 1 amide bonds. The zero-order valence-corrected chi connectivity index (χ0v) is 9.75. The molecule has 4 heteroatoms. The Morgan fingerprint density at radius 3 is 2.47 bits per heavy atom. The number of carbonyl (C=O) groups excluding carboxylic acids is 1. The van der Waals surface area contributed by atoms with Crippen molar-refractivity contribution in [1.29, 1.82) is 0 Å². The second kappa shape index (κ2) is 5.56. The average molecular weight is 270 g/mol. The first kappa shape index (κ1) is 11.8. The number of hydrogen-bond acceptors (Lipinski definition) is 2. The molecule has 2 N–H and O–H groups in total. The number of benzene rings is 1. The van der Waals surface area contributed by atoms with Gasteiger partial charge in [-0.25, -0.2) is 0 Å². The van der Waals surface area contributed by atoms with E-state index in [4.69, 9.17) is 5.11 Å². The molecule has 0 spiro atoms. The van der Waals surface area contributed by atoms with E-state index in [0.29, 0.717) is 6.42 Å². The molecule has 0 aliphatic rings. The monoisotopic (exact) mass is 269 g/mol. The number of allylic oxidation sites excluding steroid dienone is 1. The molecule has 0 saturated heterocycles. The molecule has 0 radical (unpaired) electrons. The Morgan fingerprint density at radius 2 is 1.93 bits per heavy atom. The first-order valence-electron chi connectivity index (χ1n) is 4.50. The molecule has 0 atom stereocenters. The fourth-order valence-corrected chi connectivity index (χ4v) is 1.28. The number of hydrogen-bond donors (Lipinski definition) is 2. The Bertz CT molecular complexity index is 359. The van der Waals surface area contributed by atoms with Gasteiger partial charge in [0, 0.05) is 23.0 Å². The minimum Gasteiger partial charge on any atom is -0.513 e. The van der Waals surface area contributed by atoms with E-state index in [-0.39, 0.29) is 18.1 Å². The van der Waals surface area contributed by atoms with E-state index in [9.17, 15) is 4.79 Å². The molecule has 0 unspecified atom stereocenters. The van der Waals surface area contributed by atoms with E-state index in [1.54, 1.807) is 12.1 Å². The highest BCUT2D eigenvalue weighted by Gasteiger charge is 2.02. The SMILES string of the molecule is C=C(O)CCC(=O)Nc1ccc(Br)cc1. The number of nitrogens with one attached hydrogen (secondary N) is 1. The molecular weight excluding hydrogens is 258 g/mol. The lowest BCUT2D eigenvalue weighted by atomic mass is 10.2. The number of rotatable bonds is 4. The summed E-state index contributed by atoms with van der Waals surface area (Å²) in [6, 6.07) is 7.30. The molecule has 0 aliphatic carbocycles. The summed E-state index contributed by atoms with van der Waals surface area (Å²) in [5.74, 6) is -0.103. The third-order valence-corrected chi connectivity index (χ3v) is 2.30. The molecule has 1 aromatic carbocycles. The predicted molar refractivity (Wildman–Crippen MR) is 63.8 cm³/mol. The van der Waals surface area contributed by atoms with Gasteiger partial charge < -0.3 is 10.4 Å². The maximum absolute atomic E-state index is 11.3. The van der Waals surface area contributed by atoms with Crippen LogP contribution in [0.4, 0.5) is 5.69 Å². The molecule has 0 saturated carbocycles. The minimum absolute atomic E-state index is 0.0287. The third kappa shape index (κ3) is 4.65. The van der Waals surface area contributed by atoms with Crippen molar-refractivity contribution >= 4 is 27.5 Å². The summed E-state index contributed by atoms with van der Waals surface area (Å²) in [4.78, 5) is 11.3. The Labute approximate surface area is 96.9 Å². The molecule has 1 rings (SSSR count). The van der Waals surface area contributed by atoms with E-state index in [1.165, 1.54) is 0 Å². The highest BCUT2D eigenvalue weighted by atomic mass is 79.9. The largest absolute Gasteiger partial charge is 0.513 e. The maximum atomic E-state index is 11.3. The molecule has 0 heterocycles. The van der Waals surface area contributed by atoms with E-state index in [0.717, 1.165) is 10.2 Å². The van der Waals surface area contributed by atoms with Crippen molar-refractivity contribution in [2.24, 2.45) is 0 Å². The normalized spacial score (nSPS) is 9.67. The number of amides is 1. The predicted octanol–water partition coefficient (Wildman–Crippen LogP) is 3.24. The lowest BCUT2D eigenvalue weighted by Crippen LogP contribution is -2.11. The lowest BCUT2D eigenvalue weighted by molar-refractivity contribution is -0.116. The third-order valence-electron chi connectivity index (χ3n) is 1.77. The van der Waals surface area contributed by atoms with E-state index in [2.05, 4.69) is 27.8 Å². The van der Waals surface area contributed by atoms with Crippen molar-refractivity contribution in [3.8, 4) is 0 Å². The van der Waals surface area contributed by atoms with E-state index < -0.39 is 0 Å². The van der Waals surface area contributed by atoms with Crippen LogP contribution in [0.5, 0.6) is 0 Å². The fraction of sp³-hybridized carbons (Fsp3) is 0.182. The number of anilines is 1. The van der Waals surface area contributed by atoms with Crippen LogP contribution in [0, 0.1) is 0 Å². The summed E-state index contributed by atoms with van der Waals surface area (Å²) in [6.45, 7) is 3.32. The number of halogens is 1. The fourth-order valence-electron chi connectivity index (χ4n) is 1.01. The van der Waals surface area contributed by atoms with Crippen LogP contribution in [-0.2, 0) is 4.79 Å². The highest BCUT2D eigenvalue weighted by molar-refractivity contribution is 9.10. The van der Waals surface area contributed by atoms with Crippen LogP contribution < -0.4 is 5.32 Å². The van der Waals surface area contributed by atoms with Crippen LogP contribution in [0.25, 0.3) is 0 Å². The first-order valence-corrected chi connectivity index (χ1v) is 5.29. The molecule has 1 aromatic rings. The standard InChI is InChI=1S/C11H12BrNO2/c1-8(14)2-7-11(15)13-10-5-3-9(12)4-6-10/h3-6,14H,1-2,7H2,(H,13,15). The molecule has 0 bridgehead atoms. The van der Waals surface area contributed by atoms with Gasteiger partial charge in [-0.05, 0) is 24.3 Å². The summed E-state index contributed by atoms with van der Waals surface area (Å²) >= 11 is 3.30. The van der Waals surface area contributed by atoms with E-state index >= 15 is 0 Å². The lowest BCUT2D eigenvalue weighted by Gasteiger charge is -2.04. The Morgan fingerprint density at radius 1 is 1.33 bits per heavy atom. The van der Waals surface area contributed by atoms with Crippen LogP contribution in [0.1, 0.15) is 12.8 Å². The van der Waals surface area contributed by atoms with E-state index in [1.807, 2.05) is 12.1 Å². The minimum atomic E-state index is -0.132. The summed E-state index contributed by atoms with van der Waals surface area (Å²) in [5, 5.41) is 11.5. The van der Waals surface area contributed by atoms with Crippen LogP contribution in [0.2, 0.25) is 0 Å². The Kier molecular flexibility index (Phi) is 4.37. The Balaban J connectivity index is 2.44. The van der Waals surface area contributed by atoms with Crippen molar-refractivity contribution in [2.45, 2.75) is 12.8 Å². The molecule has 80 valence electrons. The smallest absolute Gasteiger partial charge is 0.224 e. The molecule has 0 aliphatic heterocycles. The number of aliphatic hydroxyl groups excluding tert-OH is 1. The van der Waals surface area contributed by atoms with Gasteiger partial charge in [0.25, 0.3) is 0 Å². The molecule has 3 nitrogen and oxygen atoms in total. The van der Waals surface area contributed by atoms with Crippen molar-refractivity contribution in [3.63, 3.8) is 0 Å². The average Bonchev–Trinajstić information content (AvgIpc) is 2.19. The first-order chi connectivity index (χ1) is 7.08. The van der Waals surface area contributed by atoms with Gasteiger partial charge in [-0.1, -0.05) is 22.5 Å². The van der Waals surface area contributed by atoms with Crippen molar-refractivity contribution < 1.29 is 9.90 Å². The molecule has 0 fully saturated rings. The van der Waals surface area contributed by atoms with Gasteiger partial charge in [-0.15, -0.1) is 0 Å². The Hall–Kier alpha value is -1.29. The van der Waals surface area contributed by atoms with Gasteiger partial charge in [-0.2, -0.15) is 0 Å². The maximum Gasteiger partial charge on any atom is 0.224 e. The van der Waals surface area contributed by atoms with Crippen molar-refractivity contribution in [2.75, 3.05) is 5.32 Å². The molecule has 0 aromatic heterocycles. The van der Waals surface area contributed by atoms with Gasteiger partial charge in [0.2, 0.25) is 5.91 Å². The van der Waals surface area contributed by atoms with Crippen molar-refractivity contribution in [3.05, 3.63) is 41.1 Å².